The van der Waals surface area contributed by atoms with E-state index in [2.05, 4.69) is 10.4 Å². The lowest BCUT2D eigenvalue weighted by Crippen LogP contribution is -2.30. The number of hydrogen-bond acceptors (Lipinski definition) is 5. The first kappa shape index (κ1) is 14.6. The molecule has 0 saturated carbocycles. The zero-order valence-electron chi connectivity index (χ0n) is 11.9. The van der Waals surface area contributed by atoms with Crippen molar-refractivity contribution in [3.63, 3.8) is 0 Å². The second kappa shape index (κ2) is 6.08. The van der Waals surface area contributed by atoms with E-state index in [1.165, 1.54) is 12.3 Å². The van der Waals surface area contributed by atoms with Gasteiger partial charge in [0, 0.05) is 31.5 Å². The van der Waals surface area contributed by atoms with Crippen molar-refractivity contribution in [3.8, 4) is 0 Å². The molecule has 0 aliphatic rings. The van der Waals surface area contributed by atoms with E-state index in [1.807, 2.05) is 14.1 Å². The van der Waals surface area contributed by atoms with Crippen LogP contribution < -0.4 is 21.5 Å². The smallest absolute Gasteiger partial charge is 0.269 e. The summed E-state index contributed by atoms with van der Waals surface area (Å²) in [5, 5.41) is 6.65. The van der Waals surface area contributed by atoms with Crippen molar-refractivity contribution in [1.82, 2.24) is 9.78 Å². The number of aromatic nitrogens is 2. The SMILES string of the molecule is CN(C)c1cnn(CC(=O)Nc2ccc(N)cc2)c(=O)c1. The van der Waals surface area contributed by atoms with Crippen LogP contribution in [0, 0.1) is 0 Å². The highest BCUT2D eigenvalue weighted by Gasteiger charge is 2.07. The van der Waals surface area contributed by atoms with Crippen molar-refractivity contribution in [3.05, 3.63) is 46.9 Å². The number of rotatable bonds is 4. The van der Waals surface area contributed by atoms with Crippen LogP contribution in [0.5, 0.6) is 0 Å². The molecule has 1 heterocycles. The van der Waals surface area contributed by atoms with Crippen LogP contribution in [0.25, 0.3) is 0 Å². The Balaban J connectivity index is 2.06. The highest BCUT2D eigenvalue weighted by Crippen LogP contribution is 2.10. The average molecular weight is 287 g/mol. The highest BCUT2D eigenvalue weighted by atomic mass is 16.2. The summed E-state index contributed by atoms with van der Waals surface area (Å²) in [5.41, 5.74) is 7.17. The standard InChI is InChI=1S/C14H17N5O2/c1-18(2)12-7-14(21)19(16-8-12)9-13(20)17-11-5-3-10(15)4-6-11/h3-8H,9,15H2,1-2H3,(H,17,20). The van der Waals surface area contributed by atoms with E-state index in [4.69, 9.17) is 5.73 Å². The number of anilines is 3. The molecule has 7 heteroatoms. The molecule has 0 saturated heterocycles. The first-order valence-electron chi connectivity index (χ1n) is 6.35. The van der Waals surface area contributed by atoms with Gasteiger partial charge < -0.3 is 16.0 Å². The number of carbonyl (C=O) groups excluding carboxylic acids is 1. The van der Waals surface area contributed by atoms with Crippen LogP contribution >= 0.6 is 0 Å². The second-order valence-corrected chi connectivity index (χ2v) is 4.77. The summed E-state index contributed by atoms with van der Waals surface area (Å²) in [6.45, 7) is -0.142. The van der Waals surface area contributed by atoms with Gasteiger partial charge in [-0.1, -0.05) is 0 Å². The van der Waals surface area contributed by atoms with E-state index in [-0.39, 0.29) is 18.0 Å². The van der Waals surface area contributed by atoms with E-state index in [0.717, 1.165) is 4.68 Å². The fraction of sp³-hybridized carbons (Fsp3) is 0.214. The molecular formula is C14H17N5O2. The monoisotopic (exact) mass is 287 g/mol. The summed E-state index contributed by atoms with van der Waals surface area (Å²) >= 11 is 0. The van der Waals surface area contributed by atoms with E-state index in [0.29, 0.717) is 17.1 Å². The van der Waals surface area contributed by atoms with Gasteiger partial charge in [0.05, 0.1) is 11.9 Å². The summed E-state index contributed by atoms with van der Waals surface area (Å²) in [5.74, 6) is -0.327. The molecule has 1 amide bonds. The fourth-order valence-electron chi connectivity index (χ4n) is 1.69. The topological polar surface area (TPSA) is 93.2 Å². The molecule has 0 unspecified atom stereocenters. The number of nitrogen functional groups attached to an aromatic ring is 1. The lowest BCUT2D eigenvalue weighted by molar-refractivity contribution is -0.117. The van der Waals surface area contributed by atoms with Gasteiger partial charge in [0.2, 0.25) is 5.91 Å². The minimum absolute atomic E-state index is 0.142. The molecule has 0 radical (unpaired) electrons. The molecule has 0 spiro atoms. The van der Waals surface area contributed by atoms with Crippen molar-refractivity contribution in [2.24, 2.45) is 0 Å². The Morgan fingerprint density at radius 2 is 2.00 bits per heavy atom. The number of carbonyl (C=O) groups is 1. The summed E-state index contributed by atoms with van der Waals surface area (Å²) < 4.78 is 1.11. The molecule has 1 aromatic heterocycles. The Morgan fingerprint density at radius 3 is 2.57 bits per heavy atom. The molecule has 1 aromatic carbocycles. The predicted octanol–water partition coefficient (Wildman–Crippen LogP) is 0.530. The fourth-order valence-corrected chi connectivity index (χ4v) is 1.69. The second-order valence-electron chi connectivity index (χ2n) is 4.77. The van der Waals surface area contributed by atoms with Crippen LogP contribution in [0.15, 0.2) is 41.3 Å². The molecule has 0 atom stereocenters. The molecule has 0 aliphatic heterocycles. The van der Waals surface area contributed by atoms with E-state index in [9.17, 15) is 9.59 Å². The first-order chi connectivity index (χ1) is 9.95. The third-order valence-corrected chi connectivity index (χ3v) is 2.86. The molecule has 7 nitrogen and oxygen atoms in total. The maximum atomic E-state index is 11.9. The maximum absolute atomic E-state index is 11.9. The van der Waals surface area contributed by atoms with Gasteiger partial charge in [0.1, 0.15) is 6.54 Å². The normalized spacial score (nSPS) is 10.2. The summed E-state index contributed by atoms with van der Waals surface area (Å²) in [4.78, 5) is 25.5. The van der Waals surface area contributed by atoms with Crippen molar-refractivity contribution in [2.75, 3.05) is 30.0 Å². The summed E-state index contributed by atoms with van der Waals surface area (Å²) in [6.07, 6.45) is 1.54. The zero-order chi connectivity index (χ0) is 15.4. The molecular weight excluding hydrogens is 270 g/mol. The van der Waals surface area contributed by atoms with E-state index in [1.54, 1.807) is 29.2 Å². The maximum Gasteiger partial charge on any atom is 0.269 e. The number of hydrogen-bond donors (Lipinski definition) is 2. The van der Waals surface area contributed by atoms with Gasteiger partial charge in [-0.2, -0.15) is 5.10 Å². The Hall–Kier alpha value is -2.83. The third kappa shape index (κ3) is 3.82. The van der Waals surface area contributed by atoms with Crippen molar-refractivity contribution >= 4 is 23.0 Å². The quantitative estimate of drug-likeness (QED) is 0.800. The number of benzene rings is 1. The lowest BCUT2D eigenvalue weighted by atomic mass is 10.3. The van der Waals surface area contributed by atoms with Gasteiger partial charge in [-0.05, 0) is 24.3 Å². The number of amides is 1. The molecule has 0 bridgehead atoms. The Labute approximate surface area is 122 Å². The number of nitrogens with one attached hydrogen (secondary N) is 1. The van der Waals surface area contributed by atoms with Crippen LogP contribution in [-0.2, 0) is 11.3 Å². The lowest BCUT2D eigenvalue weighted by Gasteiger charge is -2.12. The van der Waals surface area contributed by atoms with Crippen molar-refractivity contribution in [2.45, 2.75) is 6.54 Å². The van der Waals surface area contributed by atoms with Gasteiger partial charge in [-0.15, -0.1) is 0 Å². The average Bonchev–Trinajstić information content (AvgIpc) is 2.43. The van der Waals surface area contributed by atoms with Gasteiger partial charge >= 0.3 is 0 Å². The van der Waals surface area contributed by atoms with E-state index >= 15 is 0 Å². The minimum Gasteiger partial charge on any atom is -0.399 e. The predicted molar refractivity (Wildman–Crippen MR) is 82.3 cm³/mol. The molecule has 0 aliphatic carbocycles. The number of nitrogens with zero attached hydrogens (tertiary/aromatic N) is 3. The number of nitrogens with two attached hydrogens (primary N) is 1. The molecule has 0 fully saturated rings. The molecule has 110 valence electrons. The van der Waals surface area contributed by atoms with E-state index < -0.39 is 0 Å². The highest BCUT2D eigenvalue weighted by molar-refractivity contribution is 5.90. The van der Waals surface area contributed by atoms with Crippen molar-refractivity contribution in [1.29, 1.82) is 0 Å². The van der Waals surface area contributed by atoms with Crippen LogP contribution in [0.1, 0.15) is 0 Å². The molecule has 3 N–H and O–H groups in total. The first-order valence-corrected chi connectivity index (χ1v) is 6.35. The minimum atomic E-state index is -0.327. The summed E-state index contributed by atoms with van der Waals surface area (Å²) in [6, 6.07) is 8.19. The van der Waals surface area contributed by atoms with Gasteiger partial charge in [0.15, 0.2) is 0 Å². The Bertz CT molecular complexity index is 691. The van der Waals surface area contributed by atoms with Crippen LogP contribution in [0.4, 0.5) is 17.1 Å². The van der Waals surface area contributed by atoms with Crippen LogP contribution in [0.2, 0.25) is 0 Å². The van der Waals surface area contributed by atoms with Crippen LogP contribution in [-0.4, -0.2) is 29.8 Å². The molecule has 21 heavy (non-hydrogen) atoms. The van der Waals surface area contributed by atoms with Crippen molar-refractivity contribution < 1.29 is 4.79 Å². The largest absolute Gasteiger partial charge is 0.399 e. The van der Waals surface area contributed by atoms with Gasteiger partial charge in [0.25, 0.3) is 5.56 Å². The van der Waals surface area contributed by atoms with Crippen LogP contribution in [0.3, 0.4) is 0 Å². The molecule has 2 aromatic rings. The molecule has 2 rings (SSSR count). The summed E-state index contributed by atoms with van der Waals surface area (Å²) in [7, 11) is 3.63. The van der Waals surface area contributed by atoms with Gasteiger partial charge in [-0.3, -0.25) is 9.59 Å². The third-order valence-electron chi connectivity index (χ3n) is 2.86. The van der Waals surface area contributed by atoms with Gasteiger partial charge in [-0.25, -0.2) is 4.68 Å². The Morgan fingerprint density at radius 1 is 1.33 bits per heavy atom. The Kier molecular flexibility index (Phi) is 4.22. The zero-order valence-corrected chi connectivity index (χ0v) is 11.9.